The summed E-state index contributed by atoms with van der Waals surface area (Å²) in [5, 5.41) is 12.0. The average molecular weight is 1370 g/mol. The second-order valence-electron chi connectivity index (χ2n) is 15.8. The molecule has 3 aromatic rings. The van der Waals surface area contributed by atoms with Gasteiger partial charge in [0.25, 0.3) is 5.56 Å². The Balaban J connectivity index is 0. The summed E-state index contributed by atoms with van der Waals surface area (Å²) < 4.78 is 265. The summed E-state index contributed by atoms with van der Waals surface area (Å²) in [7, 11) is -37.3. The summed E-state index contributed by atoms with van der Waals surface area (Å²) in [6, 6.07) is 7.77. The van der Waals surface area contributed by atoms with Crippen LogP contribution >= 0.6 is 0 Å². The Hall–Kier alpha value is -4.80. The third kappa shape index (κ3) is 40.2. The number of piperidine rings is 2. The van der Waals surface area contributed by atoms with Gasteiger partial charge in [-0.15, -0.1) is 0 Å². The van der Waals surface area contributed by atoms with Crippen LogP contribution in [0, 0.1) is 0 Å². The molecule has 482 valence electrons. The highest BCUT2D eigenvalue weighted by Gasteiger charge is 2.45. The van der Waals surface area contributed by atoms with E-state index in [0.717, 1.165) is 34.9 Å². The Labute approximate surface area is 471 Å². The van der Waals surface area contributed by atoms with Crippen molar-refractivity contribution in [3.8, 4) is 17.1 Å². The summed E-state index contributed by atoms with van der Waals surface area (Å²) >= 11 is 0. The van der Waals surface area contributed by atoms with Gasteiger partial charge in [-0.05, 0) is 81.4 Å². The van der Waals surface area contributed by atoms with Crippen LogP contribution < -0.4 is 10.3 Å². The second-order valence-corrected chi connectivity index (χ2v) is 23.0. The highest BCUT2D eigenvalue weighted by atomic mass is 32.3. The molecule has 2 fully saturated rings. The number of rotatable bonds is 4. The topological polar surface area (TPSA) is 711 Å². The lowest BCUT2D eigenvalue weighted by atomic mass is 9.86. The van der Waals surface area contributed by atoms with E-state index in [0.29, 0.717) is 60.4 Å². The van der Waals surface area contributed by atoms with Gasteiger partial charge in [-0.25, -0.2) is 14.6 Å². The molecule has 0 bridgehead atoms. The van der Waals surface area contributed by atoms with E-state index in [-0.39, 0.29) is 24.7 Å². The van der Waals surface area contributed by atoms with Gasteiger partial charge >= 0.3 is 95.3 Å². The van der Waals surface area contributed by atoms with Crippen molar-refractivity contribution in [2.75, 3.05) is 26.2 Å². The summed E-state index contributed by atoms with van der Waals surface area (Å²) in [6.07, 6.45) is 6.26. The van der Waals surface area contributed by atoms with Gasteiger partial charge in [0.2, 0.25) is 0 Å². The number of aromatic nitrogens is 2. The number of aliphatic hydroxyl groups is 1. The van der Waals surface area contributed by atoms with Crippen LogP contribution in [0.3, 0.4) is 0 Å². The van der Waals surface area contributed by atoms with Crippen molar-refractivity contribution < 1.29 is 164 Å². The van der Waals surface area contributed by atoms with Gasteiger partial charge < -0.3 is 28.9 Å². The van der Waals surface area contributed by atoms with E-state index in [1.54, 1.807) is 23.6 Å². The molecule has 1 aromatic carbocycles. The first kappa shape index (κ1) is 80.3. The third-order valence-electron chi connectivity index (χ3n) is 9.97. The van der Waals surface area contributed by atoms with E-state index in [2.05, 4.69) is 11.8 Å². The molecule has 42 nitrogen and oxygen atoms in total. The Morgan fingerprint density at radius 2 is 1.00 bits per heavy atom. The van der Waals surface area contributed by atoms with E-state index >= 15 is 0 Å². The van der Waals surface area contributed by atoms with Crippen LogP contribution in [0.2, 0.25) is 0 Å². The fraction of sp³-hybridized carbons (Fsp3) is 0.515. The largest absolute Gasteiger partial charge is 0.458 e. The molecule has 0 saturated carbocycles. The van der Waals surface area contributed by atoms with Gasteiger partial charge in [-0.1, -0.05) is 20.3 Å². The van der Waals surface area contributed by atoms with Crippen LogP contribution in [-0.4, -0.2) is 209 Å². The van der Waals surface area contributed by atoms with Gasteiger partial charge in [0, 0.05) is 35.6 Å². The van der Waals surface area contributed by atoms with Crippen LogP contribution in [-0.2, 0) is 118 Å². The molecule has 0 unspecified atom stereocenters. The molecule has 1 amide bonds. The summed E-state index contributed by atoms with van der Waals surface area (Å²) in [5.74, 6) is -0.266. The minimum absolute atomic E-state index is 0.0951. The van der Waals surface area contributed by atoms with E-state index < -0.39 is 94.8 Å². The molecule has 0 spiro atoms. The quantitative estimate of drug-likeness (QED) is 0.0849. The van der Waals surface area contributed by atoms with Crippen molar-refractivity contribution >= 4 is 106 Å². The first-order valence-corrected chi connectivity index (χ1v) is 32.4. The number of carbonyl (C=O) groups excluding carboxylic acids is 2. The van der Waals surface area contributed by atoms with Gasteiger partial charge in [0.1, 0.15) is 12.4 Å². The Morgan fingerprint density at radius 3 is 1.37 bits per heavy atom. The maximum atomic E-state index is 13.6. The molecule has 17 N–H and O–H groups in total. The van der Waals surface area contributed by atoms with Crippen molar-refractivity contribution in [3.05, 3.63) is 56.9 Å². The Kier molecular flexibility index (Phi) is 31.6. The minimum Gasteiger partial charge on any atom is -0.458 e. The number of benzene rings is 1. The number of nitrogens with zero attached hydrogens (tertiary/aromatic N) is 4. The second kappa shape index (κ2) is 32.6. The van der Waals surface area contributed by atoms with Crippen LogP contribution in [0.25, 0.3) is 22.3 Å². The number of fused-ring (bicyclic) bond motifs is 5. The van der Waals surface area contributed by atoms with E-state index in [9.17, 15) is 19.5 Å². The monoisotopic (exact) mass is 1370 g/mol. The highest BCUT2D eigenvalue weighted by molar-refractivity contribution is 7.81. The first-order valence-electron chi connectivity index (χ1n) is 21.2. The fourth-order valence-corrected chi connectivity index (χ4v) is 7.47. The molecule has 4 aliphatic heterocycles. The minimum atomic E-state index is -4.67. The van der Waals surface area contributed by atoms with Crippen molar-refractivity contribution in [2.45, 2.75) is 83.6 Å². The van der Waals surface area contributed by atoms with E-state index in [4.69, 9.17) is 155 Å². The van der Waals surface area contributed by atoms with E-state index in [1.165, 1.54) is 32.4 Å². The molecular formula is C33H54N4O38S8. The summed E-state index contributed by atoms with van der Waals surface area (Å²) in [4.78, 5) is 48.5. The number of carbonyl (C=O) groups is 2. The Bertz CT molecular complexity index is 3290. The van der Waals surface area contributed by atoms with Crippen molar-refractivity contribution in [1.82, 2.24) is 19.4 Å². The summed E-state index contributed by atoms with van der Waals surface area (Å²) in [6.45, 7) is 7.65. The lowest BCUT2D eigenvalue weighted by Gasteiger charge is -2.39. The number of esters is 1. The molecule has 83 heavy (non-hydrogen) atoms. The normalized spacial score (nSPS) is 17.1. The molecule has 2 aromatic heterocycles. The van der Waals surface area contributed by atoms with Crippen LogP contribution in [0.1, 0.15) is 74.6 Å². The molecule has 6 heterocycles. The zero-order valence-electron chi connectivity index (χ0n) is 41.8. The van der Waals surface area contributed by atoms with Gasteiger partial charge in [0.05, 0.1) is 29.0 Å². The molecule has 7 rings (SSSR count). The average Bonchev–Trinajstić information content (AvgIpc) is 3.61. The van der Waals surface area contributed by atoms with Crippen LogP contribution in [0.4, 0.5) is 4.79 Å². The van der Waals surface area contributed by atoms with Crippen LogP contribution in [0.5, 0.6) is 5.75 Å². The zero-order valence-corrected chi connectivity index (χ0v) is 48.3. The lowest BCUT2D eigenvalue weighted by molar-refractivity contribution is -0.172. The number of amides is 1. The summed E-state index contributed by atoms with van der Waals surface area (Å²) in [5.41, 5.74) is 2.38. The zero-order chi connectivity index (χ0) is 65.9. The predicted molar refractivity (Wildman–Crippen MR) is 273 cm³/mol. The van der Waals surface area contributed by atoms with Crippen molar-refractivity contribution in [2.24, 2.45) is 0 Å². The molecule has 4 aliphatic rings. The number of aryl methyl sites for hydroxylation is 1. The molecule has 50 heteroatoms. The smallest absolute Gasteiger partial charge is 0.415 e. The van der Waals surface area contributed by atoms with Crippen molar-refractivity contribution in [3.63, 3.8) is 0 Å². The van der Waals surface area contributed by atoms with E-state index in [1.807, 2.05) is 17.0 Å². The number of hydrogen-bond acceptors (Lipinski definition) is 24. The fourth-order valence-electron chi connectivity index (χ4n) is 7.47. The Morgan fingerprint density at radius 1 is 0.602 bits per heavy atom. The SMILES string of the molecule is CCc1c2c(nc3ccc(OC(=O)N4CCC(N5CCCCC5)CC4)cc13)-c1cc3c(c(=O)n1C2)COC(=O)[C@]3(O)CC.O=S(=O)(O)O.O=S(=O)(O)O.O=S(=O)(O)O.O=S(=O)(O)O.O=S(=O)(O)O.O=S(=O)(O)O.O=S(=O)(O)O.O=S(=O)(O)O. The first-order chi connectivity index (χ1) is 36.8. The van der Waals surface area contributed by atoms with Gasteiger partial charge in [0.15, 0.2) is 5.60 Å². The maximum Gasteiger partial charge on any atom is 0.415 e. The third-order valence-corrected chi connectivity index (χ3v) is 9.97. The molecule has 2 saturated heterocycles. The lowest BCUT2D eigenvalue weighted by Crippen LogP contribution is -2.48. The molecular weight excluding hydrogens is 1320 g/mol. The van der Waals surface area contributed by atoms with Crippen molar-refractivity contribution in [1.29, 1.82) is 0 Å². The van der Waals surface area contributed by atoms with Crippen LogP contribution in [0.15, 0.2) is 29.1 Å². The van der Waals surface area contributed by atoms with Gasteiger partial charge in [-0.3, -0.25) is 77.6 Å². The number of pyridine rings is 2. The molecule has 0 aliphatic carbocycles. The highest BCUT2D eigenvalue weighted by Crippen LogP contribution is 2.41. The molecule has 0 radical (unpaired) electrons. The standard InChI is InChI=1S/C33H38N4O6.8H2O4S/c1-3-22-23-16-21(43-32(40)36-14-10-20(11-15-36)35-12-6-5-7-13-35)8-9-27(23)34-29-24(22)18-37-28(29)17-26-25(30(37)38)19-42-31(39)33(26,41)4-2;8*1-5(2,3)4/h8-9,16-17,20,41H,3-7,10-15,18-19H2,1-2H3;8*(H2,1,2,3,4)/t33-;;;;;;;;/m0......../s1. The maximum absolute atomic E-state index is 13.6. The number of likely N-dealkylation sites (tertiary alicyclic amines) is 2. The molecule has 1 atom stereocenters. The number of hydrogen-bond donors (Lipinski definition) is 17. The number of ether oxygens (including phenoxy) is 2. The number of cyclic esters (lactones) is 1. The van der Waals surface area contributed by atoms with Gasteiger partial charge in [-0.2, -0.15) is 67.3 Å². The predicted octanol–water partition coefficient (Wildman–Crippen LogP) is -1.13.